The highest BCUT2D eigenvalue weighted by atomic mass is 16.5. The molecule has 5 heteroatoms. The van der Waals surface area contributed by atoms with Crippen molar-refractivity contribution in [3.05, 3.63) is 23.4 Å². The van der Waals surface area contributed by atoms with Crippen molar-refractivity contribution in [2.45, 2.75) is 64.9 Å². The summed E-state index contributed by atoms with van der Waals surface area (Å²) in [5, 5.41) is 9.75. The minimum absolute atomic E-state index is 0.0318. The van der Waals surface area contributed by atoms with E-state index < -0.39 is 0 Å². The largest absolute Gasteiger partial charge is 0.477 e. The summed E-state index contributed by atoms with van der Waals surface area (Å²) in [6.45, 7) is 6.10. The molecule has 5 nitrogen and oxygen atoms in total. The monoisotopic (exact) mass is 346 g/mol. The molecule has 0 bridgehead atoms. The molecule has 1 aromatic rings. The normalized spacial score (nSPS) is 20.7. The Hall–Kier alpha value is -1.62. The summed E-state index contributed by atoms with van der Waals surface area (Å²) in [4.78, 5) is 19.4. The van der Waals surface area contributed by atoms with Crippen LogP contribution in [0.4, 0.5) is 0 Å². The third-order valence-electron chi connectivity index (χ3n) is 5.80. The number of hydrogen-bond donors (Lipinski definition) is 1. The minimum atomic E-state index is -0.123. The van der Waals surface area contributed by atoms with Crippen LogP contribution in [0.2, 0.25) is 0 Å². The Morgan fingerprint density at radius 3 is 2.60 bits per heavy atom. The van der Waals surface area contributed by atoms with Gasteiger partial charge in [0.15, 0.2) is 0 Å². The van der Waals surface area contributed by atoms with Crippen LogP contribution in [0.25, 0.3) is 0 Å². The maximum Gasteiger partial charge on any atom is 0.259 e. The maximum atomic E-state index is 13.0. The number of rotatable bonds is 4. The van der Waals surface area contributed by atoms with Crippen molar-refractivity contribution < 1.29 is 14.6 Å². The van der Waals surface area contributed by atoms with E-state index in [1.807, 2.05) is 30.9 Å². The van der Waals surface area contributed by atoms with E-state index in [9.17, 15) is 9.90 Å². The van der Waals surface area contributed by atoms with Crippen LogP contribution in [0.5, 0.6) is 5.88 Å². The first-order valence-corrected chi connectivity index (χ1v) is 9.61. The molecule has 0 unspecified atom stereocenters. The number of carbonyl (C=O) groups is 1. The fourth-order valence-electron chi connectivity index (χ4n) is 4.07. The number of aliphatic hydroxyl groups excluding tert-OH is 1. The summed E-state index contributed by atoms with van der Waals surface area (Å²) in [5.41, 5.74) is 1.78. The molecule has 0 radical (unpaired) electrons. The molecule has 0 atom stereocenters. The number of aryl methyl sites for hydroxylation is 1. The molecule has 1 aliphatic heterocycles. The van der Waals surface area contributed by atoms with Gasteiger partial charge in [-0.1, -0.05) is 6.92 Å². The second-order valence-electron chi connectivity index (χ2n) is 7.68. The first-order chi connectivity index (χ1) is 12.0. The molecule has 138 valence electrons. The van der Waals surface area contributed by atoms with Crippen LogP contribution < -0.4 is 4.74 Å². The van der Waals surface area contributed by atoms with E-state index in [1.54, 1.807) is 0 Å². The number of nitrogens with zero attached hydrogens (tertiary/aromatic N) is 2. The second-order valence-corrected chi connectivity index (χ2v) is 7.68. The molecule has 2 fully saturated rings. The van der Waals surface area contributed by atoms with Crippen LogP contribution in [-0.2, 0) is 0 Å². The first-order valence-electron chi connectivity index (χ1n) is 9.61. The Bertz CT molecular complexity index is 599. The quantitative estimate of drug-likeness (QED) is 0.908. The first kappa shape index (κ1) is 18.2. The van der Waals surface area contributed by atoms with Crippen LogP contribution in [0.3, 0.4) is 0 Å². The second kappa shape index (κ2) is 7.73. The zero-order valence-corrected chi connectivity index (χ0v) is 15.5. The fraction of sp³-hybridized carbons (Fsp3) is 0.700. The molecule has 1 saturated carbocycles. The van der Waals surface area contributed by atoms with Gasteiger partial charge in [-0.2, -0.15) is 0 Å². The Balaban J connectivity index is 1.66. The van der Waals surface area contributed by atoms with Crippen molar-refractivity contribution in [2.75, 3.05) is 19.7 Å². The number of ether oxygens (including phenoxy) is 1. The highest BCUT2D eigenvalue weighted by Crippen LogP contribution is 2.44. The van der Waals surface area contributed by atoms with E-state index in [1.165, 1.54) is 0 Å². The summed E-state index contributed by atoms with van der Waals surface area (Å²) in [6.07, 6.45) is 6.84. The number of aromatic nitrogens is 1. The predicted octanol–water partition coefficient (Wildman–Crippen LogP) is 3.34. The molecule has 1 N–H and O–H groups in total. The molecule has 1 aromatic heterocycles. The zero-order chi connectivity index (χ0) is 17.9. The zero-order valence-electron chi connectivity index (χ0n) is 15.5. The molecule has 25 heavy (non-hydrogen) atoms. The van der Waals surface area contributed by atoms with Crippen LogP contribution >= 0.6 is 0 Å². The van der Waals surface area contributed by atoms with Crippen LogP contribution in [0.15, 0.2) is 12.1 Å². The Morgan fingerprint density at radius 1 is 1.28 bits per heavy atom. The van der Waals surface area contributed by atoms with Gasteiger partial charge in [-0.25, -0.2) is 4.98 Å². The third-order valence-corrected chi connectivity index (χ3v) is 5.80. The molecule has 1 saturated heterocycles. The SMILES string of the molecule is CCCOc1nc(C)ccc1C(=O)N1CCC2(CCC(O)CC2)CC1. The van der Waals surface area contributed by atoms with Gasteiger partial charge in [0, 0.05) is 18.8 Å². The summed E-state index contributed by atoms with van der Waals surface area (Å²) in [7, 11) is 0. The van der Waals surface area contributed by atoms with Gasteiger partial charge in [0.1, 0.15) is 5.56 Å². The van der Waals surface area contributed by atoms with Crippen molar-refractivity contribution >= 4 is 5.91 Å². The van der Waals surface area contributed by atoms with Gasteiger partial charge < -0.3 is 14.7 Å². The number of hydrogen-bond acceptors (Lipinski definition) is 4. The van der Waals surface area contributed by atoms with Gasteiger partial charge in [-0.15, -0.1) is 0 Å². The Labute approximate surface area is 150 Å². The van der Waals surface area contributed by atoms with E-state index in [2.05, 4.69) is 4.98 Å². The topological polar surface area (TPSA) is 62.7 Å². The number of pyridine rings is 1. The van der Waals surface area contributed by atoms with Crippen molar-refractivity contribution in [1.82, 2.24) is 9.88 Å². The van der Waals surface area contributed by atoms with Crippen molar-refractivity contribution in [1.29, 1.82) is 0 Å². The summed E-state index contributed by atoms with van der Waals surface area (Å²) < 4.78 is 5.71. The van der Waals surface area contributed by atoms with E-state index in [0.29, 0.717) is 23.5 Å². The van der Waals surface area contributed by atoms with Crippen LogP contribution in [0.1, 0.15) is 67.9 Å². The van der Waals surface area contributed by atoms with Crippen LogP contribution in [0, 0.1) is 12.3 Å². The third kappa shape index (κ3) is 4.14. The Morgan fingerprint density at radius 2 is 1.96 bits per heavy atom. The van der Waals surface area contributed by atoms with Gasteiger partial charge in [0.05, 0.1) is 12.7 Å². The fourth-order valence-corrected chi connectivity index (χ4v) is 4.07. The maximum absolute atomic E-state index is 13.0. The molecular weight excluding hydrogens is 316 g/mol. The summed E-state index contributed by atoms with van der Waals surface area (Å²) in [5.74, 6) is 0.497. The van der Waals surface area contributed by atoms with E-state index in [-0.39, 0.29) is 12.0 Å². The lowest BCUT2D eigenvalue weighted by Crippen LogP contribution is -2.45. The minimum Gasteiger partial charge on any atom is -0.477 e. The number of carbonyl (C=O) groups excluding carboxylic acids is 1. The van der Waals surface area contributed by atoms with Crippen LogP contribution in [-0.4, -0.2) is 46.7 Å². The molecule has 3 rings (SSSR count). The standard InChI is InChI=1S/C20H30N2O3/c1-3-14-25-18-17(5-4-15(2)21-18)19(24)22-12-10-20(11-13-22)8-6-16(23)7-9-20/h4-5,16,23H,3,6-14H2,1-2H3. The lowest BCUT2D eigenvalue weighted by atomic mass is 9.67. The lowest BCUT2D eigenvalue weighted by molar-refractivity contribution is 0.0167. The van der Waals surface area contributed by atoms with Crippen molar-refractivity contribution in [3.63, 3.8) is 0 Å². The number of piperidine rings is 1. The smallest absolute Gasteiger partial charge is 0.259 e. The van der Waals surface area contributed by atoms with Gasteiger partial charge in [-0.05, 0) is 69.4 Å². The molecular formula is C20H30N2O3. The molecule has 1 amide bonds. The van der Waals surface area contributed by atoms with Gasteiger partial charge >= 0.3 is 0 Å². The molecule has 0 aromatic carbocycles. The van der Waals surface area contributed by atoms with Gasteiger partial charge in [0.25, 0.3) is 5.91 Å². The molecule has 1 aliphatic carbocycles. The average molecular weight is 346 g/mol. The van der Waals surface area contributed by atoms with E-state index >= 15 is 0 Å². The van der Waals surface area contributed by atoms with Gasteiger partial charge in [0.2, 0.25) is 5.88 Å². The number of likely N-dealkylation sites (tertiary alicyclic amines) is 1. The summed E-state index contributed by atoms with van der Waals surface area (Å²) in [6, 6.07) is 3.72. The molecule has 1 spiro atoms. The highest BCUT2D eigenvalue weighted by Gasteiger charge is 2.39. The van der Waals surface area contributed by atoms with Crippen molar-refractivity contribution in [2.24, 2.45) is 5.41 Å². The predicted molar refractivity (Wildman–Crippen MR) is 96.8 cm³/mol. The Kier molecular flexibility index (Phi) is 5.62. The number of aliphatic hydroxyl groups is 1. The molecule has 2 heterocycles. The lowest BCUT2D eigenvalue weighted by Gasteiger charge is -2.45. The summed E-state index contributed by atoms with van der Waals surface area (Å²) >= 11 is 0. The van der Waals surface area contributed by atoms with E-state index in [4.69, 9.17) is 4.74 Å². The van der Waals surface area contributed by atoms with E-state index in [0.717, 1.165) is 63.7 Å². The van der Waals surface area contributed by atoms with Gasteiger partial charge in [-0.3, -0.25) is 4.79 Å². The van der Waals surface area contributed by atoms with Crippen molar-refractivity contribution in [3.8, 4) is 5.88 Å². The average Bonchev–Trinajstić information content (AvgIpc) is 2.63. The molecule has 2 aliphatic rings. The highest BCUT2D eigenvalue weighted by molar-refractivity contribution is 5.96. The number of amides is 1.